The standard InChI is InChI=1S/C24H28O4/c1-4-26-24(27-5-2)21-16-15-20(22(21)18-13-11-17(3)12-14-18)23(25)28-19-9-7-6-8-10-19/h6-15,21-22,24H,4-5,16H2,1-3H3/t21-,22+/m1/s1. The summed E-state index contributed by atoms with van der Waals surface area (Å²) in [6.07, 6.45) is 2.33. The normalized spacial score (nSPS) is 18.9. The lowest BCUT2D eigenvalue weighted by Gasteiger charge is -2.30. The van der Waals surface area contributed by atoms with Gasteiger partial charge in [-0.2, -0.15) is 0 Å². The molecule has 1 aliphatic rings. The van der Waals surface area contributed by atoms with Crippen molar-refractivity contribution in [3.63, 3.8) is 0 Å². The molecule has 0 unspecified atom stereocenters. The number of para-hydroxylation sites is 1. The fourth-order valence-corrected chi connectivity index (χ4v) is 3.71. The van der Waals surface area contributed by atoms with Gasteiger partial charge in [0.2, 0.25) is 0 Å². The minimum atomic E-state index is -0.362. The summed E-state index contributed by atoms with van der Waals surface area (Å²) in [6.45, 7) is 7.09. The number of esters is 1. The second-order valence-electron chi connectivity index (χ2n) is 6.93. The number of allylic oxidation sites excluding steroid dienone is 1. The van der Waals surface area contributed by atoms with Crippen molar-refractivity contribution in [2.45, 2.75) is 39.4 Å². The first-order valence-corrected chi connectivity index (χ1v) is 9.91. The third kappa shape index (κ3) is 4.70. The fourth-order valence-electron chi connectivity index (χ4n) is 3.71. The third-order valence-electron chi connectivity index (χ3n) is 5.01. The molecular weight excluding hydrogens is 352 g/mol. The molecule has 4 nitrogen and oxygen atoms in total. The lowest BCUT2D eigenvalue weighted by Crippen LogP contribution is -2.31. The van der Waals surface area contributed by atoms with Gasteiger partial charge >= 0.3 is 5.97 Å². The smallest absolute Gasteiger partial charge is 0.339 e. The van der Waals surface area contributed by atoms with Crippen LogP contribution in [0.4, 0.5) is 0 Å². The van der Waals surface area contributed by atoms with Crippen molar-refractivity contribution in [3.8, 4) is 5.75 Å². The van der Waals surface area contributed by atoms with Gasteiger partial charge in [0.05, 0.1) is 0 Å². The third-order valence-corrected chi connectivity index (χ3v) is 5.01. The van der Waals surface area contributed by atoms with Crippen LogP contribution in [0.5, 0.6) is 5.75 Å². The Labute approximate surface area is 167 Å². The van der Waals surface area contributed by atoms with E-state index in [0.29, 0.717) is 31.0 Å². The van der Waals surface area contributed by atoms with Crippen LogP contribution >= 0.6 is 0 Å². The van der Waals surface area contributed by atoms with Crippen LogP contribution in [0.3, 0.4) is 0 Å². The summed E-state index contributed by atoms with van der Waals surface area (Å²) in [5.41, 5.74) is 2.93. The Hall–Kier alpha value is -2.43. The average molecular weight is 380 g/mol. The van der Waals surface area contributed by atoms with Gasteiger partial charge < -0.3 is 14.2 Å². The summed E-state index contributed by atoms with van der Waals surface area (Å²) in [5.74, 6) is 0.137. The van der Waals surface area contributed by atoms with Gasteiger partial charge in [-0.05, 0) is 44.9 Å². The molecule has 0 amide bonds. The van der Waals surface area contributed by atoms with Gasteiger partial charge in [-0.1, -0.05) is 54.1 Å². The van der Waals surface area contributed by atoms with Crippen LogP contribution in [0.15, 0.2) is 66.2 Å². The lowest BCUT2D eigenvalue weighted by molar-refractivity contribution is -0.168. The number of rotatable bonds is 8. The van der Waals surface area contributed by atoms with Crippen molar-refractivity contribution in [2.24, 2.45) is 5.92 Å². The summed E-state index contributed by atoms with van der Waals surface area (Å²) in [7, 11) is 0. The first-order valence-electron chi connectivity index (χ1n) is 9.91. The molecule has 148 valence electrons. The SMILES string of the molecule is CCOC(OCC)[C@@H]1CC=C(C(=O)Oc2ccccc2)[C@@H]1c1ccc(C)cc1. The number of carbonyl (C=O) groups excluding carboxylic acids is 1. The molecule has 0 N–H and O–H groups in total. The van der Waals surface area contributed by atoms with Crippen LogP contribution in [-0.2, 0) is 14.3 Å². The van der Waals surface area contributed by atoms with Crippen molar-refractivity contribution in [1.29, 1.82) is 0 Å². The summed E-state index contributed by atoms with van der Waals surface area (Å²) in [4.78, 5) is 13.0. The van der Waals surface area contributed by atoms with Gasteiger partial charge in [-0.3, -0.25) is 0 Å². The van der Waals surface area contributed by atoms with Crippen LogP contribution in [0.25, 0.3) is 0 Å². The zero-order valence-electron chi connectivity index (χ0n) is 16.8. The second-order valence-corrected chi connectivity index (χ2v) is 6.93. The van der Waals surface area contributed by atoms with Gasteiger partial charge in [0.25, 0.3) is 0 Å². The molecule has 0 heterocycles. The topological polar surface area (TPSA) is 44.8 Å². The van der Waals surface area contributed by atoms with Gasteiger partial charge in [0, 0.05) is 30.6 Å². The van der Waals surface area contributed by atoms with E-state index >= 15 is 0 Å². The van der Waals surface area contributed by atoms with E-state index in [9.17, 15) is 4.79 Å². The second kappa shape index (κ2) is 9.67. The summed E-state index contributed by atoms with van der Waals surface area (Å²) >= 11 is 0. The zero-order chi connectivity index (χ0) is 19.9. The van der Waals surface area contributed by atoms with E-state index in [1.54, 1.807) is 12.1 Å². The van der Waals surface area contributed by atoms with E-state index in [4.69, 9.17) is 14.2 Å². The van der Waals surface area contributed by atoms with Crippen LogP contribution < -0.4 is 4.74 Å². The molecule has 0 radical (unpaired) electrons. The number of benzene rings is 2. The van der Waals surface area contributed by atoms with Crippen LogP contribution in [-0.4, -0.2) is 25.5 Å². The highest BCUT2D eigenvalue weighted by molar-refractivity contribution is 5.92. The molecule has 4 heteroatoms. The number of hydrogen-bond donors (Lipinski definition) is 0. The quantitative estimate of drug-likeness (QED) is 0.366. The lowest BCUT2D eigenvalue weighted by atomic mass is 9.83. The molecule has 0 saturated carbocycles. The average Bonchev–Trinajstić information content (AvgIpc) is 3.14. The van der Waals surface area contributed by atoms with Crippen molar-refractivity contribution < 1.29 is 19.0 Å². The zero-order valence-corrected chi connectivity index (χ0v) is 16.8. The maximum atomic E-state index is 13.0. The number of aryl methyl sites for hydroxylation is 1. The highest BCUT2D eigenvalue weighted by atomic mass is 16.7. The van der Waals surface area contributed by atoms with Crippen molar-refractivity contribution in [1.82, 2.24) is 0 Å². The van der Waals surface area contributed by atoms with Crippen LogP contribution in [0.1, 0.15) is 37.3 Å². The van der Waals surface area contributed by atoms with E-state index in [-0.39, 0.29) is 24.1 Å². The van der Waals surface area contributed by atoms with E-state index < -0.39 is 0 Å². The van der Waals surface area contributed by atoms with Crippen LogP contribution in [0.2, 0.25) is 0 Å². The van der Waals surface area contributed by atoms with Crippen molar-refractivity contribution in [3.05, 3.63) is 77.4 Å². The van der Waals surface area contributed by atoms with Gasteiger partial charge in [0.15, 0.2) is 6.29 Å². The maximum Gasteiger partial charge on any atom is 0.339 e. The first kappa shape index (κ1) is 20.3. The maximum absolute atomic E-state index is 13.0. The molecule has 0 bridgehead atoms. The number of hydrogen-bond acceptors (Lipinski definition) is 4. The van der Waals surface area contributed by atoms with E-state index in [0.717, 1.165) is 5.56 Å². The minimum Gasteiger partial charge on any atom is -0.423 e. The highest BCUT2D eigenvalue weighted by Crippen LogP contribution is 2.43. The number of carbonyl (C=O) groups is 1. The molecule has 0 saturated heterocycles. The molecule has 0 aromatic heterocycles. The van der Waals surface area contributed by atoms with E-state index in [1.807, 2.05) is 38.1 Å². The molecule has 3 rings (SSSR count). The van der Waals surface area contributed by atoms with Gasteiger partial charge in [0.1, 0.15) is 5.75 Å². The summed E-state index contributed by atoms with van der Waals surface area (Å²) < 4.78 is 17.4. The van der Waals surface area contributed by atoms with E-state index in [2.05, 4.69) is 31.2 Å². The Balaban J connectivity index is 1.89. The summed E-state index contributed by atoms with van der Waals surface area (Å²) in [6, 6.07) is 17.5. The fraction of sp³-hybridized carbons (Fsp3) is 0.375. The monoisotopic (exact) mass is 380 g/mol. The number of ether oxygens (including phenoxy) is 3. The minimum absolute atomic E-state index is 0.0286. The highest BCUT2D eigenvalue weighted by Gasteiger charge is 2.40. The Morgan fingerprint density at radius 2 is 1.64 bits per heavy atom. The van der Waals surface area contributed by atoms with Crippen molar-refractivity contribution >= 4 is 5.97 Å². The first-order chi connectivity index (χ1) is 13.6. The molecular formula is C24H28O4. The predicted octanol–water partition coefficient (Wildman–Crippen LogP) is 5.03. The molecule has 28 heavy (non-hydrogen) atoms. The molecule has 0 spiro atoms. The van der Waals surface area contributed by atoms with Gasteiger partial charge in [-0.25, -0.2) is 4.79 Å². The van der Waals surface area contributed by atoms with E-state index in [1.165, 1.54) is 5.56 Å². The molecule has 0 fully saturated rings. The Morgan fingerprint density at radius 1 is 1.00 bits per heavy atom. The Morgan fingerprint density at radius 3 is 2.25 bits per heavy atom. The predicted molar refractivity (Wildman–Crippen MR) is 109 cm³/mol. The molecule has 2 aromatic rings. The van der Waals surface area contributed by atoms with Gasteiger partial charge in [-0.15, -0.1) is 0 Å². The summed E-state index contributed by atoms with van der Waals surface area (Å²) in [5, 5.41) is 0. The molecule has 0 aliphatic heterocycles. The largest absolute Gasteiger partial charge is 0.423 e. The Bertz CT molecular complexity index is 789. The molecule has 2 aromatic carbocycles. The van der Waals surface area contributed by atoms with Crippen molar-refractivity contribution in [2.75, 3.05) is 13.2 Å². The molecule has 2 atom stereocenters. The van der Waals surface area contributed by atoms with Crippen LogP contribution in [0, 0.1) is 12.8 Å². The molecule has 1 aliphatic carbocycles. The Kier molecular flexibility index (Phi) is 7.01.